The molecule has 5 nitrogen and oxygen atoms in total. The topological polar surface area (TPSA) is 74.7 Å². The zero-order chi connectivity index (χ0) is 11.7. The molecule has 88 valence electrons. The van der Waals surface area contributed by atoms with Crippen molar-refractivity contribution in [2.75, 3.05) is 0 Å². The Morgan fingerprint density at radius 2 is 2.24 bits per heavy atom. The predicted molar refractivity (Wildman–Crippen MR) is 62.1 cm³/mol. The van der Waals surface area contributed by atoms with E-state index in [1.807, 2.05) is 12.1 Å². The second-order valence-electron chi connectivity index (χ2n) is 4.66. The summed E-state index contributed by atoms with van der Waals surface area (Å²) in [5.74, 6) is 0.608. The number of aliphatic hydroxyl groups is 1. The molecule has 1 fully saturated rings. The van der Waals surface area contributed by atoms with Crippen LogP contribution in [0.25, 0.3) is 11.4 Å². The van der Waals surface area contributed by atoms with E-state index in [0.29, 0.717) is 5.82 Å². The largest absolute Gasteiger partial charge is 0.390 e. The summed E-state index contributed by atoms with van der Waals surface area (Å²) in [5, 5.41) is 23.7. The molecule has 1 aromatic carbocycles. The Hall–Kier alpha value is -1.75. The lowest BCUT2D eigenvalue weighted by atomic mass is 10.0. The Morgan fingerprint density at radius 3 is 2.94 bits per heavy atom. The van der Waals surface area contributed by atoms with Crippen LogP contribution in [-0.2, 0) is 6.42 Å². The molecular weight excluding hydrogens is 216 g/mol. The van der Waals surface area contributed by atoms with Crippen LogP contribution in [0, 0.1) is 0 Å². The zero-order valence-corrected chi connectivity index (χ0v) is 9.43. The Labute approximate surface area is 98.9 Å². The van der Waals surface area contributed by atoms with Gasteiger partial charge in [0.25, 0.3) is 0 Å². The van der Waals surface area contributed by atoms with Gasteiger partial charge in [0.2, 0.25) is 5.82 Å². The quantitative estimate of drug-likeness (QED) is 0.830. The molecule has 1 aliphatic carbocycles. The van der Waals surface area contributed by atoms with Crippen LogP contribution in [0.15, 0.2) is 24.3 Å². The van der Waals surface area contributed by atoms with E-state index in [0.717, 1.165) is 31.2 Å². The number of hydrogen-bond donors (Lipinski definition) is 2. The fourth-order valence-corrected chi connectivity index (χ4v) is 1.92. The molecule has 0 bridgehead atoms. The minimum atomic E-state index is -0.387. The summed E-state index contributed by atoms with van der Waals surface area (Å²) in [4.78, 5) is 0. The van der Waals surface area contributed by atoms with Crippen molar-refractivity contribution in [2.45, 2.75) is 31.3 Å². The first-order valence-electron chi connectivity index (χ1n) is 5.80. The Morgan fingerprint density at radius 1 is 1.35 bits per heavy atom. The summed E-state index contributed by atoms with van der Waals surface area (Å²) in [6, 6.07) is 8.06. The van der Waals surface area contributed by atoms with Crippen LogP contribution in [0.5, 0.6) is 0 Å². The number of aryl methyl sites for hydroxylation is 1. The fourth-order valence-electron chi connectivity index (χ4n) is 1.92. The predicted octanol–water partition coefficient (Wildman–Crippen LogP) is 1.32. The van der Waals surface area contributed by atoms with Crippen molar-refractivity contribution in [2.24, 2.45) is 0 Å². The molecule has 0 saturated heterocycles. The van der Waals surface area contributed by atoms with Gasteiger partial charge in [0.1, 0.15) is 0 Å². The number of nitrogens with zero attached hydrogens (tertiary/aromatic N) is 3. The maximum Gasteiger partial charge on any atom is 0.204 e. The second-order valence-corrected chi connectivity index (χ2v) is 4.66. The van der Waals surface area contributed by atoms with E-state index in [4.69, 9.17) is 0 Å². The highest BCUT2D eigenvalue weighted by molar-refractivity contribution is 5.54. The maximum absolute atomic E-state index is 9.80. The number of nitrogens with one attached hydrogen (secondary N) is 1. The molecule has 2 N–H and O–H groups in total. The van der Waals surface area contributed by atoms with Gasteiger partial charge in [-0.2, -0.15) is 5.21 Å². The van der Waals surface area contributed by atoms with Gasteiger partial charge >= 0.3 is 0 Å². The van der Waals surface area contributed by atoms with E-state index >= 15 is 0 Å². The van der Waals surface area contributed by atoms with Gasteiger partial charge in [0.15, 0.2) is 0 Å². The Bertz CT molecular complexity index is 505. The summed E-state index contributed by atoms with van der Waals surface area (Å²) in [6.45, 7) is 0. The van der Waals surface area contributed by atoms with E-state index < -0.39 is 0 Å². The van der Waals surface area contributed by atoms with Crippen molar-refractivity contribution in [1.82, 2.24) is 20.6 Å². The van der Waals surface area contributed by atoms with Gasteiger partial charge in [0, 0.05) is 5.56 Å². The highest BCUT2D eigenvalue weighted by atomic mass is 16.3. The first kappa shape index (κ1) is 10.4. The average Bonchev–Trinajstić information content (AvgIpc) is 2.88. The molecule has 1 aliphatic rings. The van der Waals surface area contributed by atoms with Crippen molar-refractivity contribution in [3.63, 3.8) is 0 Å². The summed E-state index contributed by atoms with van der Waals surface area (Å²) >= 11 is 0. The molecule has 0 amide bonds. The number of tetrazole rings is 1. The van der Waals surface area contributed by atoms with Gasteiger partial charge in [0.05, 0.1) is 5.60 Å². The van der Waals surface area contributed by atoms with Crippen LogP contribution in [0.4, 0.5) is 0 Å². The van der Waals surface area contributed by atoms with Crippen LogP contribution in [-0.4, -0.2) is 31.3 Å². The average molecular weight is 230 g/mol. The Kier molecular flexibility index (Phi) is 2.40. The SMILES string of the molecule is OC1(CCc2cccc(-c3nn[nH]n3)c2)CC1. The monoisotopic (exact) mass is 230 g/mol. The fraction of sp³-hybridized carbons (Fsp3) is 0.417. The smallest absolute Gasteiger partial charge is 0.204 e. The highest BCUT2D eigenvalue weighted by Crippen LogP contribution is 2.39. The third kappa shape index (κ3) is 2.34. The summed E-state index contributed by atoms with van der Waals surface area (Å²) in [7, 11) is 0. The van der Waals surface area contributed by atoms with E-state index in [-0.39, 0.29) is 5.60 Å². The van der Waals surface area contributed by atoms with E-state index in [2.05, 4.69) is 32.8 Å². The number of rotatable bonds is 4. The number of aromatic nitrogens is 4. The number of aromatic amines is 1. The molecule has 1 aromatic heterocycles. The second kappa shape index (κ2) is 3.92. The number of H-pyrrole nitrogens is 1. The van der Waals surface area contributed by atoms with Crippen LogP contribution in [0.2, 0.25) is 0 Å². The molecule has 0 unspecified atom stereocenters. The van der Waals surface area contributed by atoms with Crippen molar-refractivity contribution >= 4 is 0 Å². The van der Waals surface area contributed by atoms with Crippen LogP contribution < -0.4 is 0 Å². The number of benzene rings is 1. The third-order valence-corrected chi connectivity index (χ3v) is 3.24. The molecule has 0 spiro atoms. The third-order valence-electron chi connectivity index (χ3n) is 3.24. The van der Waals surface area contributed by atoms with Gasteiger partial charge in [-0.3, -0.25) is 0 Å². The van der Waals surface area contributed by atoms with E-state index in [1.54, 1.807) is 0 Å². The molecule has 2 aromatic rings. The van der Waals surface area contributed by atoms with Gasteiger partial charge in [-0.15, -0.1) is 10.2 Å². The minimum absolute atomic E-state index is 0.387. The molecule has 0 aliphatic heterocycles. The first-order chi connectivity index (χ1) is 8.25. The molecule has 5 heteroatoms. The lowest BCUT2D eigenvalue weighted by Crippen LogP contribution is -2.07. The standard InChI is InChI=1S/C12H14N4O/c17-12(6-7-12)5-4-9-2-1-3-10(8-9)11-13-15-16-14-11/h1-3,8,17H,4-7H2,(H,13,14,15,16). The van der Waals surface area contributed by atoms with Crippen molar-refractivity contribution in [3.05, 3.63) is 29.8 Å². The van der Waals surface area contributed by atoms with Gasteiger partial charge in [-0.05, 0) is 42.5 Å². The first-order valence-corrected chi connectivity index (χ1v) is 5.80. The van der Waals surface area contributed by atoms with Crippen LogP contribution in [0.3, 0.4) is 0 Å². The molecule has 1 saturated carbocycles. The molecule has 0 radical (unpaired) electrons. The summed E-state index contributed by atoms with van der Waals surface area (Å²) < 4.78 is 0. The number of hydrogen-bond acceptors (Lipinski definition) is 4. The van der Waals surface area contributed by atoms with Crippen LogP contribution >= 0.6 is 0 Å². The van der Waals surface area contributed by atoms with Gasteiger partial charge in [-0.25, -0.2) is 0 Å². The van der Waals surface area contributed by atoms with E-state index in [9.17, 15) is 5.11 Å². The summed E-state index contributed by atoms with van der Waals surface area (Å²) in [6.07, 6.45) is 3.61. The molecule has 0 atom stereocenters. The Balaban J connectivity index is 1.75. The minimum Gasteiger partial charge on any atom is -0.390 e. The van der Waals surface area contributed by atoms with Crippen molar-refractivity contribution < 1.29 is 5.11 Å². The zero-order valence-electron chi connectivity index (χ0n) is 9.43. The highest BCUT2D eigenvalue weighted by Gasteiger charge is 2.39. The van der Waals surface area contributed by atoms with Crippen LogP contribution in [0.1, 0.15) is 24.8 Å². The van der Waals surface area contributed by atoms with Crippen molar-refractivity contribution in [3.8, 4) is 11.4 Å². The molecule has 17 heavy (non-hydrogen) atoms. The normalized spacial score (nSPS) is 17.0. The van der Waals surface area contributed by atoms with Gasteiger partial charge < -0.3 is 5.11 Å². The summed E-state index contributed by atoms with van der Waals surface area (Å²) in [5.41, 5.74) is 1.77. The lowest BCUT2D eigenvalue weighted by molar-refractivity contribution is 0.140. The maximum atomic E-state index is 9.80. The van der Waals surface area contributed by atoms with Gasteiger partial charge in [-0.1, -0.05) is 18.2 Å². The molecule has 3 rings (SSSR count). The lowest BCUT2D eigenvalue weighted by Gasteiger charge is -2.07. The molecule has 1 heterocycles. The van der Waals surface area contributed by atoms with E-state index in [1.165, 1.54) is 5.56 Å². The van der Waals surface area contributed by atoms with Crippen molar-refractivity contribution in [1.29, 1.82) is 0 Å². The molecular formula is C12H14N4O.